The molecule has 1 aliphatic rings. The number of carboxylic acids is 2. The van der Waals surface area contributed by atoms with Crippen molar-refractivity contribution in [2.45, 2.75) is 44.8 Å². The third kappa shape index (κ3) is 5.26. The average molecular weight is 359 g/mol. The van der Waals surface area contributed by atoms with Gasteiger partial charge < -0.3 is 14.9 Å². The largest absolute Gasteiger partial charge is 0.481 e. The fourth-order valence-corrected chi connectivity index (χ4v) is 3.77. The number of nitrogens with zero attached hydrogens (tertiary/aromatic N) is 1. The molecule has 0 bridgehead atoms. The van der Waals surface area contributed by atoms with Gasteiger partial charge in [-0.05, 0) is 19.8 Å². The van der Waals surface area contributed by atoms with E-state index < -0.39 is 23.9 Å². The van der Waals surface area contributed by atoms with Crippen molar-refractivity contribution in [3.8, 4) is 0 Å². The molecular weight excluding hydrogens is 338 g/mol. The molecule has 0 saturated carbocycles. The van der Waals surface area contributed by atoms with Crippen molar-refractivity contribution in [3.63, 3.8) is 0 Å². The number of aliphatic carboxylic acids is 2. The van der Waals surface area contributed by atoms with Gasteiger partial charge in [0.1, 0.15) is 0 Å². The average Bonchev–Trinajstić information content (AvgIpc) is 2.87. The molecule has 0 aliphatic carbocycles. The monoisotopic (exact) mass is 359 g/mol. The van der Waals surface area contributed by atoms with Crippen LogP contribution in [0.3, 0.4) is 0 Å². The summed E-state index contributed by atoms with van der Waals surface area (Å²) in [4.78, 5) is 46.8. The van der Waals surface area contributed by atoms with E-state index in [1.54, 1.807) is 6.92 Å². The van der Waals surface area contributed by atoms with Crippen LogP contribution in [0.25, 0.3) is 0 Å². The summed E-state index contributed by atoms with van der Waals surface area (Å²) in [5.74, 6) is -2.51. The molecule has 1 aliphatic heterocycles. The number of carboxylic acid groups (broad SMARTS) is 2. The lowest BCUT2D eigenvalue weighted by molar-refractivity contribution is -0.137. The third-order valence-corrected chi connectivity index (χ3v) is 4.73. The van der Waals surface area contributed by atoms with Gasteiger partial charge in [0.25, 0.3) is 0 Å². The lowest BCUT2D eigenvalue weighted by Gasteiger charge is -2.24. The molecule has 0 aromatic carbocycles. The van der Waals surface area contributed by atoms with Gasteiger partial charge in [-0.1, -0.05) is 6.42 Å². The minimum Gasteiger partial charge on any atom is -0.481 e. The maximum atomic E-state index is 12.1. The van der Waals surface area contributed by atoms with Crippen LogP contribution in [-0.4, -0.2) is 56.7 Å². The molecule has 1 unspecified atom stereocenters. The van der Waals surface area contributed by atoms with Crippen molar-refractivity contribution in [2.24, 2.45) is 0 Å². The van der Waals surface area contributed by atoms with Gasteiger partial charge in [0.15, 0.2) is 0 Å². The summed E-state index contributed by atoms with van der Waals surface area (Å²) >= 11 is 1.32. The van der Waals surface area contributed by atoms with Crippen molar-refractivity contribution in [1.82, 2.24) is 4.90 Å². The fraction of sp³-hybridized carbons (Fsp3) is 0.600. The van der Waals surface area contributed by atoms with Crippen molar-refractivity contribution in [3.05, 3.63) is 11.3 Å². The van der Waals surface area contributed by atoms with E-state index in [0.717, 1.165) is 4.90 Å². The lowest BCUT2D eigenvalue weighted by atomic mass is 10.1. The molecule has 8 nitrogen and oxygen atoms in total. The van der Waals surface area contributed by atoms with Crippen molar-refractivity contribution < 1.29 is 34.1 Å². The topological polar surface area (TPSA) is 121 Å². The van der Waals surface area contributed by atoms with E-state index in [1.807, 2.05) is 0 Å². The van der Waals surface area contributed by atoms with Crippen LogP contribution in [0.5, 0.6) is 0 Å². The first-order chi connectivity index (χ1) is 11.3. The number of thioether (sulfide) groups is 1. The SMILES string of the molecule is CCOC(=O)N(C(C)=O)C1=C(C(=O)O)CSC1CCCCC(=O)O. The van der Waals surface area contributed by atoms with Gasteiger partial charge in [0, 0.05) is 24.3 Å². The van der Waals surface area contributed by atoms with Gasteiger partial charge in [-0.2, -0.15) is 0 Å². The van der Waals surface area contributed by atoms with Crippen LogP contribution in [0, 0.1) is 0 Å². The Morgan fingerprint density at radius 1 is 1.25 bits per heavy atom. The molecule has 2 N–H and O–H groups in total. The van der Waals surface area contributed by atoms with Gasteiger partial charge in [-0.15, -0.1) is 11.8 Å². The molecule has 134 valence electrons. The summed E-state index contributed by atoms with van der Waals surface area (Å²) in [5.41, 5.74) is 0.153. The van der Waals surface area contributed by atoms with Gasteiger partial charge >= 0.3 is 18.0 Å². The molecule has 0 saturated heterocycles. The van der Waals surface area contributed by atoms with E-state index in [1.165, 1.54) is 18.7 Å². The molecule has 1 rings (SSSR count). The number of carbonyl (C=O) groups is 4. The molecule has 9 heteroatoms. The Hall–Kier alpha value is -2.03. The summed E-state index contributed by atoms with van der Waals surface area (Å²) in [5, 5.41) is 17.6. The molecule has 2 amide bonds. The molecule has 24 heavy (non-hydrogen) atoms. The number of ether oxygens (including phenoxy) is 1. The predicted molar refractivity (Wildman–Crippen MR) is 86.6 cm³/mol. The number of rotatable bonds is 8. The number of imide groups is 1. The summed E-state index contributed by atoms with van der Waals surface area (Å²) in [6, 6.07) is 0. The number of unbranched alkanes of at least 4 members (excludes halogenated alkanes) is 1. The first-order valence-corrected chi connectivity index (χ1v) is 8.61. The molecule has 1 heterocycles. The normalized spacial score (nSPS) is 16.8. The van der Waals surface area contributed by atoms with Gasteiger partial charge in [0.2, 0.25) is 5.91 Å². The van der Waals surface area contributed by atoms with E-state index >= 15 is 0 Å². The van der Waals surface area contributed by atoms with Crippen LogP contribution < -0.4 is 0 Å². The van der Waals surface area contributed by atoms with Crippen LogP contribution in [0.1, 0.15) is 39.5 Å². The number of carbonyl (C=O) groups excluding carboxylic acids is 2. The number of hydrogen-bond donors (Lipinski definition) is 2. The van der Waals surface area contributed by atoms with E-state index in [-0.39, 0.29) is 35.3 Å². The van der Waals surface area contributed by atoms with E-state index in [4.69, 9.17) is 9.84 Å². The van der Waals surface area contributed by atoms with Crippen molar-refractivity contribution in [2.75, 3.05) is 12.4 Å². The highest BCUT2D eigenvalue weighted by molar-refractivity contribution is 8.00. The fourth-order valence-electron chi connectivity index (χ4n) is 2.39. The van der Waals surface area contributed by atoms with Crippen LogP contribution in [0.4, 0.5) is 4.79 Å². The first kappa shape index (κ1) is 20.0. The lowest BCUT2D eigenvalue weighted by Crippen LogP contribution is -2.38. The summed E-state index contributed by atoms with van der Waals surface area (Å²) in [6.45, 7) is 2.83. The molecule has 0 radical (unpaired) electrons. The molecule has 0 aromatic rings. The van der Waals surface area contributed by atoms with Gasteiger partial charge in [-0.3, -0.25) is 9.59 Å². The minimum absolute atomic E-state index is 0.00601. The maximum Gasteiger partial charge on any atom is 0.420 e. The Labute approximate surface area is 143 Å². The standard InChI is InChI=1S/C15H21NO7S/c1-3-23-15(22)16(9(2)17)13-10(14(20)21)8-24-11(13)6-4-5-7-12(18)19/h11H,3-8H2,1-2H3,(H,18,19)(H,20,21). The Morgan fingerprint density at radius 3 is 2.42 bits per heavy atom. The molecule has 0 aromatic heterocycles. The number of amides is 2. The zero-order valence-electron chi connectivity index (χ0n) is 13.6. The highest BCUT2D eigenvalue weighted by atomic mass is 32.2. The highest BCUT2D eigenvalue weighted by Gasteiger charge is 2.38. The molecule has 1 atom stereocenters. The van der Waals surface area contributed by atoms with E-state index in [0.29, 0.717) is 19.3 Å². The smallest absolute Gasteiger partial charge is 0.420 e. The third-order valence-electron chi connectivity index (χ3n) is 3.41. The van der Waals surface area contributed by atoms with E-state index in [2.05, 4.69) is 0 Å². The highest BCUT2D eigenvalue weighted by Crippen LogP contribution is 2.38. The van der Waals surface area contributed by atoms with Crippen LogP contribution in [0.15, 0.2) is 11.3 Å². The zero-order valence-corrected chi connectivity index (χ0v) is 14.4. The molecular formula is C15H21NO7S. The Morgan fingerprint density at radius 2 is 1.92 bits per heavy atom. The molecule has 0 spiro atoms. The second kappa shape index (κ2) is 9.31. The molecule has 0 fully saturated rings. The summed E-state index contributed by atoms with van der Waals surface area (Å²) < 4.78 is 4.86. The van der Waals surface area contributed by atoms with Crippen LogP contribution in [0.2, 0.25) is 0 Å². The summed E-state index contributed by atoms with van der Waals surface area (Å²) in [6.07, 6.45) is 0.608. The maximum absolute atomic E-state index is 12.1. The Bertz CT molecular complexity index is 558. The second-order valence-electron chi connectivity index (χ2n) is 5.16. The number of hydrogen-bond acceptors (Lipinski definition) is 6. The quantitative estimate of drug-likeness (QED) is 0.632. The van der Waals surface area contributed by atoms with Gasteiger partial charge in [0.05, 0.1) is 17.9 Å². The van der Waals surface area contributed by atoms with Crippen molar-refractivity contribution >= 4 is 35.7 Å². The summed E-state index contributed by atoms with van der Waals surface area (Å²) in [7, 11) is 0. The minimum atomic E-state index is -1.18. The first-order valence-electron chi connectivity index (χ1n) is 7.56. The zero-order chi connectivity index (χ0) is 18.3. The van der Waals surface area contributed by atoms with Crippen LogP contribution in [-0.2, 0) is 19.1 Å². The van der Waals surface area contributed by atoms with E-state index in [9.17, 15) is 24.3 Å². The van der Waals surface area contributed by atoms with Crippen LogP contribution >= 0.6 is 11.8 Å². The predicted octanol–water partition coefficient (Wildman–Crippen LogP) is 2.09. The van der Waals surface area contributed by atoms with Crippen molar-refractivity contribution in [1.29, 1.82) is 0 Å². The van der Waals surface area contributed by atoms with Gasteiger partial charge in [-0.25, -0.2) is 14.5 Å². The Balaban J connectivity index is 3.00. The Kier molecular flexibility index (Phi) is 7.76. The second-order valence-corrected chi connectivity index (χ2v) is 6.35.